The molecule has 0 aromatic heterocycles. The first-order chi connectivity index (χ1) is 12.6. The first kappa shape index (κ1) is 17.1. The summed E-state index contributed by atoms with van der Waals surface area (Å²) in [6.45, 7) is 1.36. The molecule has 0 spiro atoms. The van der Waals surface area contributed by atoms with Gasteiger partial charge in [-0.2, -0.15) is 0 Å². The van der Waals surface area contributed by atoms with Gasteiger partial charge in [-0.3, -0.25) is 14.4 Å². The number of rotatable bonds is 5. The second kappa shape index (κ2) is 7.09. The average molecular weight is 355 g/mol. The lowest BCUT2D eigenvalue weighted by atomic mass is 9.95. The Hall–Kier alpha value is -2.37. The SMILES string of the molecule is O=C(Nc1ccc(NC(=O)C2CCN(C(=O)C3CC3)CC2)cc1)C1CC1. The Labute approximate surface area is 153 Å². The van der Waals surface area contributed by atoms with E-state index in [2.05, 4.69) is 10.6 Å². The van der Waals surface area contributed by atoms with Crippen molar-refractivity contribution in [2.75, 3.05) is 23.7 Å². The lowest BCUT2D eigenvalue weighted by molar-refractivity contribution is -0.135. The molecule has 6 heteroatoms. The van der Waals surface area contributed by atoms with Crippen LogP contribution >= 0.6 is 0 Å². The van der Waals surface area contributed by atoms with E-state index in [9.17, 15) is 14.4 Å². The van der Waals surface area contributed by atoms with Crippen LogP contribution in [0.1, 0.15) is 38.5 Å². The Morgan fingerprint density at radius 3 is 1.54 bits per heavy atom. The number of amides is 3. The Morgan fingerprint density at radius 2 is 1.12 bits per heavy atom. The summed E-state index contributed by atoms with van der Waals surface area (Å²) in [5.74, 6) is 0.735. The molecule has 1 heterocycles. The maximum absolute atomic E-state index is 12.5. The van der Waals surface area contributed by atoms with E-state index in [0.717, 1.165) is 49.9 Å². The molecular weight excluding hydrogens is 330 g/mol. The maximum Gasteiger partial charge on any atom is 0.227 e. The van der Waals surface area contributed by atoms with Crippen LogP contribution in [0.2, 0.25) is 0 Å². The van der Waals surface area contributed by atoms with Gasteiger partial charge in [0, 0.05) is 42.2 Å². The summed E-state index contributed by atoms with van der Waals surface area (Å²) in [5.41, 5.74) is 1.49. The zero-order valence-corrected chi connectivity index (χ0v) is 14.9. The zero-order chi connectivity index (χ0) is 18.1. The summed E-state index contributed by atoms with van der Waals surface area (Å²) in [6, 6.07) is 7.25. The highest BCUT2D eigenvalue weighted by molar-refractivity contribution is 5.95. The third-order valence-electron chi connectivity index (χ3n) is 5.47. The molecule has 2 saturated carbocycles. The van der Waals surface area contributed by atoms with E-state index in [-0.39, 0.29) is 35.5 Å². The van der Waals surface area contributed by atoms with Crippen LogP contribution in [0.25, 0.3) is 0 Å². The van der Waals surface area contributed by atoms with Crippen LogP contribution < -0.4 is 10.6 Å². The smallest absolute Gasteiger partial charge is 0.227 e. The van der Waals surface area contributed by atoms with E-state index in [1.807, 2.05) is 29.2 Å². The summed E-state index contributed by atoms with van der Waals surface area (Å²) in [6.07, 6.45) is 5.45. The van der Waals surface area contributed by atoms with Gasteiger partial charge in [0.25, 0.3) is 0 Å². The minimum Gasteiger partial charge on any atom is -0.342 e. The van der Waals surface area contributed by atoms with E-state index >= 15 is 0 Å². The predicted molar refractivity (Wildman–Crippen MR) is 98.5 cm³/mol. The molecule has 6 nitrogen and oxygen atoms in total. The zero-order valence-electron chi connectivity index (χ0n) is 14.9. The van der Waals surface area contributed by atoms with Crippen molar-refractivity contribution >= 4 is 29.1 Å². The molecule has 0 radical (unpaired) electrons. The van der Waals surface area contributed by atoms with Gasteiger partial charge in [0.1, 0.15) is 0 Å². The third-order valence-corrected chi connectivity index (χ3v) is 5.47. The van der Waals surface area contributed by atoms with Crippen LogP contribution in [0.3, 0.4) is 0 Å². The first-order valence-electron chi connectivity index (χ1n) is 9.61. The van der Waals surface area contributed by atoms with Crippen molar-refractivity contribution in [1.82, 2.24) is 4.90 Å². The number of anilines is 2. The molecule has 3 amide bonds. The van der Waals surface area contributed by atoms with Gasteiger partial charge in [-0.15, -0.1) is 0 Å². The van der Waals surface area contributed by atoms with Gasteiger partial charge in [0.2, 0.25) is 17.7 Å². The molecule has 2 aliphatic carbocycles. The summed E-state index contributed by atoms with van der Waals surface area (Å²) in [4.78, 5) is 38.2. The number of hydrogen-bond donors (Lipinski definition) is 2. The molecule has 3 aliphatic rings. The van der Waals surface area contributed by atoms with Crippen LogP contribution in [0.15, 0.2) is 24.3 Å². The number of piperidine rings is 1. The van der Waals surface area contributed by atoms with Crippen molar-refractivity contribution in [3.63, 3.8) is 0 Å². The fourth-order valence-electron chi connectivity index (χ4n) is 3.42. The minimum atomic E-state index is -0.0486. The molecule has 1 saturated heterocycles. The molecule has 4 rings (SSSR count). The minimum absolute atomic E-state index is 0.0123. The van der Waals surface area contributed by atoms with Gasteiger partial charge in [0.05, 0.1) is 0 Å². The highest BCUT2D eigenvalue weighted by atomic mass is 16.2. The van der Waals surface area contributed by atoms with Gasteiger partial charge < -0.3 is 15.5 Å². The summed E-state index contributed by atoms with van der Waals surface area (Å²) in [5, 5.41) is 5.84. The summed E-state index contributed by atoms with van der Waals surface area (Å²) < 4.78 is 0. The van der Waals surface area contributed by atoms with E-state index in [4.69, 9.17) is 0 Å². The Balaban J connectivity index is 1.25. The Morgan fingerprint density at radius 1 is 0.692 bits per heavy atom. The monoisotopic (exact) mass is 355 g/mol. The predicted octanol–water partition coefficient (Wildman–Crippen LogP) is 2.62. The molecule has 3 fully saturated rings. The van der Waals surface area contributed by atoms with Crippen molar-refractivity contribution in [1.29, 1.82) is 0 Å². The number of carbonyl (C=O) groups excluding carboxylic acids is 3. The molecule has 1 aromatic rings. The highest BCUT2D eigenvalue weighted by Crippen LogP contribution is 2.33. The molecule has 0 bridgehead atoms. The van der Waals surface area contributed by atoms with E-state index < -0.39 is 0 Å². The fraction of sp³-hybridized carbons (Fsp3) is 0.550. The number of nitrogens with zero attached hydrogens (tertiary/aromatic N) is 1. The topological polar surface area (TPSA) is 78.5 Å². The Kier molecular flexibility index (Phi) is 4.66. The molecular formula is C20H25N3O3. The normalized spacial score (nSPS) is 20.5. The van der Waals surface area contributed by atoms with Crippen LogP contribution in [-0.2, 0) is 14.4 Å². The number of nitrogens with one attached hydrogen (secondary N) is 2. The molecule has 1 aliphatic heterocycles. The Bertz CT molecular complexity index is 700. The lowest BCUT2D eigenvalue weighted by Gasteiger charge is -2.31. The van der Waals surface area contributed by atoms with E-state index in [1.165, 1.54) is 0 Å². The quantitative estimate of drug-likeness (QED) is 0.852. The van der Waals surface area contributed by atoms with Gasteiger partial charge in [-0.25, -0.2) is 0 Å². The second-order valence-corrected chi connectivity index (χ2v) is 7.70. The summed E-state index contributed by atoms with van der Waals surface area (Å²) >= 11 is 0. The van der Waals surface area contributed by atoms with Crippen LogP contribution in [0, 0.1) is 17.8 Å². The van der Waals surface area contributed by atoms with E-state index in [0.29, 0.717) is 13.1 Å². The third kappa shape index (κ3) is 4.06. The average Bonchev–Trinajstić information content (AvgIpc) is 3.55. The standard InChI is InChI=1S/C20H25N3O3/c24-18(13-1-2-13)21-16-5-7-17(8-6-16)22-19(25)14-9-11-23(12-10-14)20(26)15-3-4-15/h5-8,13-15H,1-4,9-12H2,(H,21,24)(H,22,25). The summed E-state index contributed by atoms with van der Waals surface area (Å²) in [7, 11) is 0. The van der Waals surface area contributed by atoms with Gasteiger partial charge in [-0.1, -0.05) is 0 Å². The number of benzene rings is 1. The van der Waals surface area contributed by atoms with Crippen molar-refractivity contribution in [3.05, 3.63) is 24.3 Å². The highest BCUT2D eigenvalue weighted by Gasteiger charge is 2.36. The molecule has 138 valence electrons. The first-order valence-corrected chi connectivity index (χ1v) is 9.61. The van der Waals surface area contributed by atoms with Gasteiger partial charge >= 0.3 is 0 Å². The number of hydrogen-bond acceptors (Lipinski definition) is 3. The lowest BCUT2D eigenvalue weighted by Crippen LogP contribution is -2.42. The van der Waals surface area contributed by atoms with Crippen molar-refractivity contribution < 1.29 is 14.4 Å². The maximum atomic E-state index is 12.5. The molecule has 0 unspecified atom stereocenters. The van der Waals surface area contributed by atoms with E-state index in [1.54, 1.807) is 0 Å². The number of carbonyl (C=O) groups is 3. The van der Waals surface area contributed by atoms with Crippen molar-refractivity contribution in [2.45, 2.75) is 38.5 Å². The van der Waals surface area contributed by atoms with Crippen molar-refractivity contribution in [3.8, 4) is 0 Å². The molecule has 2 N–H and O–H groups in total. The van der Waals surface area contributed by atoms with Crippen LogP contribution in [0.5, 0.6) is 0 Å². The second-order valence-electron chi connectivity index (χ2n) is 7.70. The molecule has 1 aromatic carbocycles. The van der Waals surface area contributed by atoms with Gasteiger partial charge in [0.15, 0.2) is 0 Å². The fourth-order valence-corrected chi connectivity index (χ4v) is 3.42. The number of likely N-dealkylation sites (tertiary alicyclic amines) is 1. The van der Waals surface area contributed by atoms with Crippen LogP contribution in [-0.4, -0.2) is 35.7 Å². The van der Waals surface area contributed by atoms with Crippen molar-refractivity contribution in [2.24, 2.45) is 17.8 Å². The largest absolute Gasteiger partial charge is 0.342 e. The van der Waals surface area contributed by atoms with Gasteiger partial charge in [-0.05, 0) is 62.8 Å². The van der Waals surface area contributed by atoms with Crippen LogP contribution in [0.4, 0.5) is 11.4 Å². The molecule has 0 atom stereocenters. The molecule has 26 heavy (non-hydrogen) atoms.